The summed E-state index contributed by atoms with van der Waals surface area (Å²) in [4.78, 5) is 39.9. The third-order valence-corrected chi connectivity index (χ3v) is 42.8. The first-order valence-corrected chi connectivity index (χ1v) is 29.5. The lowest BCUT2D eigenvalue weighted by molar-refractivity contribution is -0.125. The molecule has 17 heteroatoms. The molecular weight excluding hydrogens is 885 g/mol. The molecule has 5 fully saturated rings. The van der Waals surface area contributed by atoms with Crippen molar-refractivity contribution in [2.45, 2.75) is 82.2 Å². The number of benzene rings is 4. The van der Waals surface area contributed by atoms with Crippen LogP contribution in [0.15, 0.2) is 97.1 Å². The molecule has 9 rings (SSSR count). The molecule has 0 radical (unpaired) electrons. The van der Waals surface area contributed by atoms with Gasteiger partial charge in [0.25, 0.3) is 11.8 Å². The number of nitrogens with zero attached hydrogens (tertiary/aromatic N) is 2. The highest BCUT2D eigenvalue weighted by Crippen LogP contribution is 3.04. The van der Waals surface area contributed by atoms with Crippen molar-refractivity contribution in [1.82, 2.24) is 10.6 Å². The van der Waals surface area contributed by atoms with Crippen LogP contribution in [0.25, 0.3) is 0 Å². The van der Waals surface area contributed by atoms with E-state index >= 15 is 0 Å². The molecule has 0 atom stereocenters. The van der Waals surface area contributed by atoms with Crippen LogP contribution in [0.1, 0.15) is 69.8 Å². The number of imide groups is 1. The SMILES string of the molecule is COc1ccc(P2(=S)SP(=S)(c3ccc(C)cc3)S2)cc1.O=C1NC(=O)C2(CCCCC2)N1c1ccc(F)cc1.O=C1NC(=S)N(c2ccc(F)cc2)C12CCCCC2. The monoisotopic (exact) mass is 928 g/mol. The summed E-state index contributed by atoms with van der Waals surface area (Å²) in [5.41, 5.74) is 1.30. The summed E-state index contributed by atoms with van der Waals surface area (Å²) in [5, 5.41) is 8.11. The summed E-state index contributed by atoms with van der Waals surface area (Å²) < 4.78 is 28.0. The first kappa shape index (κ1) is 43.9. The predicted molar refractivity (Wildman–Crippen MR) is 251 cm³/mol. The molecule has 0 bridgehead atoms. The molecule has 3 aliphatic heterocycles. The molecule has 8 nitrogen and oxygen atoms in total. The number of methoxy groups -OCH3 is 1. The third kappa shape index (κ3) is 8.94. The molecule has 59 heavy (non-hydrogen) atoms. The van der Waals surface area contributed by atoms with Gasteiger partial charge in [-0.2, -0.15) is 0 Å². The number of nitrogens with one attached hydrogen (secondary N) is 2. The van der Waals surface area contributed by atoms with Gasteiger partial charge in [0.1, 0.15) is 28.5 Å². The van der Waals surface area contributed by atoms with E-state index in [2.05, 4.69) is 54.0 Å². The highest BCUT2D eigenvalue weighted by atomic mass is 33.7. The van der Waals surface area contributed by atoms with E-state index in [1.165, 1.54) is 45.3 Å². The van der Waals surface area contributed by atoms with E-state index in [1.807, 2.05) is 39.0 Å². The van der Waals surface area contributed by atoms with Crippen LogP contribution in [0.2, 0.25) is 0 Å². The van der Waals surface area contributed by atoms with Crippen molar-refractivity contribution < 1.29 is 27.9 Å². The maximum Gasteiger partial charge on any atom is 0.329 e. The molecule has 310 valence electrons. The zero-order valence-electron chi connectivity index (χ0n) is 32.5. The molecule has 2 spiro atoms. The predicted octanol–water partition coefficient (Wildman–Crippen LogP) is 10.4. The lowest BCUT2D eigenvalue weighted by atomic mass is 9.80. The number of hydrogen-bond donors (Lipinski definition) is 2. The molecule has 3 saturated heterocycles. The van der Waals surface area contributed by atoms with Crippen LogP contribution in [0.3, 0.4) is 0 Å². The van der Waals surface area contributed by atoms with Crippen LogP contribution in [-0.2, 0) is 33.2 Å². The van der Waals surface area contributed by atoms with Crippen molar-refractivity contribution in [2.24, 2.45) is 0 Å². The van der Waals surface area contributed by atoms with Crippen LogP contribution in [0, 0.1) is 18.6 Å². The Kier molecular flexibility index (Phi) is 13.4. The number of carbonyl (C=O) groups excluding carboxylic acids is 3. The van der Waals surface area contributed by atoms with E-state index in [-0.39, 0.29) is 23.4 Å². The van der Waals surface area contributed by atoms with Crippen molar-refractivity contribution in [3.8, 4) is 5.75 Å². The Morgan fingerprint density at radius 1 is 0.610 bits per heavy atom. The summed E-state index contributed by atoms with van der Waals surface area (Å²) >= 11 is 20.9. The van der Waals surface area contributed by atoms with Gasteiger partial charge in [-0.3, -0.25) is 19.8 Å². The minimum Gasteiger partial charge on any atom is -0.497 e. The summed E-state index contributed by atoms with van der Waals surface area (Å²) in [6, 6.07) is 28.2. The standard InChI is InChI=1S/C14H15FN2O2.C14H15FN2OS.C14H14OP2S4/c2*15-10-4-6-11(7-5-10)17-13(19)16-12(18)14(17)8-2-1-3-9-14;1-11-3-7-13(8-4-11)16(18)20-17(19,21-16)14-9-5-12(15-2)6-10-14/h2*4-7H,1-3,8-9H2,(H,16,18,19);3-10H,1-2H3. The molecule has 3 heterocycles. The van der Waals surface area contributed by atoms with Gasteiger partial charge in [-0.05, 0) is 118 Å². The minimum atomic E-state index is -1.62. The molecule has 5 aliphatic rings. The molecule has 0 unspecified atom stereocenters. The van der Waals surface area contributed by atoms with Gasteiger partial charge >= 0.3 is 6.03 Å². The zero-order chi connectivity index (χ0) is 42.0. The summed E-state index contributed by atoms with van der Waals surface area (Å²) in [7, 11) is 1.68. The van der Waals surface area contributed by atoms with E-state index in [1.54, 1.807) is 31.4 Å². The van der Waals surface area contributed by atoms with Gasteiger partial charge in [0, 0.05) is 22.0 Å². The number of ether oxygens (including phenoxy) is 1. The van der Waals surface area contributed by atoms with E-state index in [4.69, 9.17) is 40.6 Å². The maximum absolute atomic E-state index is 13.0. The normalized spacial score (nSPS) is 24.0. The Bertz CT molecular complexity index is 2210. The second-order valence-corrected chi connectivity index (χ2v) is 36.7. The fourth-order valence-corrected chi connectivity index (χ4v) is 50.8. The quantitative estimate of drug-likeness (QED) is 0.115. The van der Waals surface area contributed by atoms with Crippen molar-refractivity contribution in [2.75, 3.05) is 16.9 Å². The van der Waals surface area contributed by atoms with Gasteiger partial charge in [-0.15, -0.1) is 0 Å². The van der Waals surface area contributed by atoms with Gasteiger partial charge < -0.3 is 15.0 Å². The number of rotatable bonds is 5. The fraction of sp³-hybridized carbons (Fsp3) is 0.333. The first-order valence-electron chi connectivity index (χ1n) is 19.4. The highest BCUT2D eigenvalue weighted by molar-refractivity contribution is 9.48. The van der Waals surface area contributed by atoms with Crippen LogP contribution < -0.4 is 35.8 Å². The summed E-state index contributed by atoms with van der Waals surface area (Å²) in [6.07, 6.45) is 9.08. The lowest BCUT2D eigenvalue weighted by Gasteiger charge is -2.40. The van der Waals surface area contributed by atoms with Crippen LogP contribution in [0.5, 0.6) is 5.75 Å². The number of anilines is 2. The van der Waals surface area contributed by atoms with Gasteiger partial charge in [-0.25, -0.2) is 13.6 Å². The van der Waals surface area contributed by atoms with E-state index in [0.29, 0.717) is 23.6 Å². The average molecular weight is 929 g/mol. The molecule has 2 N–H and O–H groups in total. The summed E-state index contributed by atoms with van der Waals surface area (Å²) in [5.74, 6) is -0.00453. The van der Waals surface area contributed by atoms with Crippen LogP contribution >= 0.6 is 43.1 Å². The molecule has 0 aromatic heterocycles. The number of hydrogen-bond acceptors (Lipinski definition) is 9. The molecule has 4 aromatic rings. The number of amides is 4. The van der Waals surface area contributed by atoms with Gasteiger partial charge in [0.2, 0.25) is 0 Å². The number of halogens is 2. The second kappa shape index (κ2) is 18.1. The second-order valence-electron chi connectivity index (χ2n) is 15.0. The Morgan fingerprint density at radius 2 is 1.02 bits per heavy atom. The van der Waals surface area contributed by atoms with E-state index < -0.39 is 26.0 Å². The van der Waals surface area contributed by atoms with E-state index in [9.17, 15) is 23.2 Å². The van der Waals surface area contributed by atoms with Gasteiger partial charge in [0.15, 0.2) is 5.11 Å². The smallest absolute Gasteiger partial charge is 0.329 e. The lowest BCUT2D eigenvalue weighted by Crippen LogP contribution is -2.51. The molecule has 2 saturated carbocycles. The zero-order valence-corrected chi connectivity index (χ0v) is 38.4. The molecule has 4 amide bonds. The molecule has 4 aromatic carbocycles. The van der Waals surface area contributed by atoms with E-state index in [0.717, 1.165) is 62.8 Å². The Balaban J connectivity index is 0.000000134. The van der Waals surface area contributed by atoms with Crippen molar-refractivity contribution in [3.63, 3.8) is 0 Å². The third-order valence-electron chi connectivity index (χ3n) is 11.2. The van der Waals surface area contributed by atoms with Crippen LogP contribution in [0.4, 0.5) is 25.0 Å². The number of carbonyl (C=O) groups is 3. The number of aryl methyl sites for hydroxylation is 1. The summed E-state index contributed by atoms with van der Waals surface area (Å²) in [6.45, 7) is 2.10. The van der Waals surface area contributed by atoms with Gasteiger partial charge in [0.05, 0.1) is 16.0 Å². The van der Waals surface area contributed by atoms with Crippen molar-refractivity contribution in [1.29, 1.82) is 0 Å². The minimum absolute atomic E-state index is 0.0125. The largest absolute Gasteiger partial charge is 0.497 e. The van der Waals surface area contributed by atoms with Crippen molar-refractivity contribution >= 4 is 112 Å². The maximum atomic E-state index is 13.0. The molecule has 2 aliphatic carbocycles. The first-order chi connectivity index (χ1) is 28.2. The number of urea groups is 1. The Morgan fingerprint density at radius 3 is 1.47 bits per heavy atom. The van der Waals surface area contributed by atoms with Crippen LogP contribution in [-0.4, -0.2) is 41.1 Å². The van der Waals surface area contributed by atoms with Crippen molar-refractivity contribution in [3.05, 3.63) is 114 Å². The fourth-order valence-electron chi connectivity index (χ4n) is 8.18. The number of thiocarbonyl (C=S) groups is 1. The Hall–Kier alpha value is -3.16. The van der Waals surface area contributed by atoms with Gasteiger partial charge in [-0.1, -0.05) is 114 Å². The molecular formula is C42H44F2N4O4P2S5. The Labute approximate surface area is 367 Å². The average Bonchev–Trinajstić information content (AvgIpc) is 3.60. The topological polar surface area (TPSA) is 91.0 Å². The highest BCUT2D eigenvalue weighted by Gasteiger charge is 2.54.